The first kappa shape index (κ1) is 110. The average molecular weight is 2500 g/mol. The number of nitrogens with zero attached hydrogens (tertiary/aromatic N) is 12. The van der Waals surface area contributed by atoms with E-state index in [4.69, 9.17) is 30.6 Å². The maximum atomic E-state index is 4.78. The zero-order valence-electron chi connectivity index (χ0n) is 84.7. The second kappa shape index (κ2) is 46.2. The predicted molar refractivity (Wildman–Crippen MR) is 545 cm³/mol. The predicted octanol–water partition coefficient (Wildman–Crippen LogP) is 30.4. The molecule has 0 N–H and O–H groups in total. The van der Waals surface area contributed by atoms with E-state index < -0.39 is 0 Å². The summed E-state index contributed by atoms with van der Waals surface area (Å²) < 4.78 is 9.01. The van der Waals surface area contributed by atoms with Crippen LogP contribution in [0.2, 0.25) is 0 Å². The van der Waals surface area contributed by atoms with Gasteiger partial charge >= 0.3 is 0 Å². The minimum absolute atomic E-state index is 0. The third kappa shape index (κ3) is 25.3. The molecule has 0 saturated heterocycles. The summed E-state index contributed by atoms with van der Waals surface area (Å²) in [6, 6.07) is 95.8. The second-order valence-corrected chi connectivity index (χ2v) is 41.3. The van der Waals surface area contributed by atoms with Crippen molar-refractivity contribution in [1.82, 2.24) is 59.1 Å². The van der Waals surface area contributed by atoms with Crippen LogP contribution < -0.4 is 0 Å². The van der Waals surface area contributed by atoms with E-state index in [9.17, 15) is 0 Å². The molecule has 4 aromatic heterocycles. The van der Waals surface area contributed by atoms with E-state index in [0.717, 1.165) is 137 Å². The Morgan fingerprint density at radius 1 is 0.299 bits per heavy atom. The Hall–Kier alpha value is -9.42. The minimum Gasteiger partial charge on any atom is -0.319 e. The van der Waals surface area contributed by atoms with Gasteiger partial charge in [-0.05, 0) is 185 Å². The number of aromatic nitrogens is 12. The van der Waals surface area contributed by atoms with Gasteiger partial charge in [-0.3, -0.25) is 0 Å². The first-order valence-corrected chi connectivity index (χ1v) is 47.1. The van der Waals surface area contributed by atoms with Crippen LogP contribution in [-0.4, -0.2) is 59.1 Å². The normalized spacial score (nSPS) is 11.8. The topological polar surface area (TPSA) is 123 Å². The van der Waals surface area contributed by atoms with Crippen LogP contribution in [0.25, 0.3) is 102 Å². The van der Waals surface area contributed by atoms with Gasteiger partial charge in [0.15, 0.2) is 0 Å². The Labute approximate surface area is 857 Å². The van der Waals surface area contributed by atoms with Crippen molar-refractivity contribution in [3.8, 4) is 102 Å². The van der Waals surface area contributed by atoms with Crippen LogP contribution in [0.1, 0.15) is 290 Å². The Bertz CT molecular complexity index is 6360. The van der Waals surface area contributed by atoms with Crippen molar-refractivity contribution in [2.75, 3.05) is 0 Å². The van der Waals surface area contributed by atoms with Gasteiger partial charge < -0.3 is 18.3 Å². The molecule has 15 rings (SSSR count). The summed E-state index contributed by atoms with van der Waals surface area (Å²) in [5, 5.41) is 37.6. The number of hydrogen-bond acceptors (Lipinski definition) is 8. The molecule has 0 fully saturated rings. The van der Waals surface area contributed by atoms with Gasteiger partial charge in [-0.25, -0.2) is 0 Å². The van der Waals surface area contributed by atoms with Crippen molar-refractivity contribution in [3.05, 3.63) is 334 Å². The Balaban J connectivity index is 0.000000220. The van der Waals surface area contributed by atoms with Crippen LogP contribution in [0, 0.1) is 52.0 Å². The summed E-state index contributed by atoms with van der Waals surface area (Å²) in [6.45, 7) is 64.6. The molecule has 134 heavy (non-hydrogen) atoms. The van der Waals surface area contributed by atoms with Crippen molar-refractivity contribution in [2.45, 2.75) is 290 Å². The molecule has 11 aromatic carbocycles. The van der Waals surface area contributed by atoms with Gasteiger partial charge in [0.2, 0.25) is 0 Å². The van der Waals surface area contributed by atoms with Gasteiger partial charge in [-0.15, -0.1) is 162 Å². The summed E-state index contributed by atoms with van der Waals surface area (Å²) >= 11 is 0. The molecule has 0 aliphatic carbocycles. The van der Waals surface area contributed by atoms with E-state index in [1.807, 2.05) is 42.5 Å². The number of hydrogen-bond donors (Lipinski definition) is 0. The van der Waals surface area contributed by atoms with Crippen LogP contribution in [0.5, 0.6) is 0 Å². The summed E-state index contributed by atoms with van der Waals surface area (Å²) in [7, 11) is 0. The first-order chi connectivity index (χ1) is 61.6. The van der Waals surface area contributed by atoms with Crippen LogP contribution >= 0.6 is 0 Å². The van der Waals surface area contributed by atoms with E-state index in [-0.39, 0.29) is 118 Å². The van der Waals surface area contributed by atoms with Gasteiger partial charge in [0, 0.05) is 130 Å². The van der Waals surface area contributed by atoms with Crippen molar-refractivity contribution in [3.63, 3.8) is 0 Å². The second-order valence-electron chi connectivity index (χ2n) is 41.3. The average Bonchev–Trinajstić information content (AvgIpc) is 1.53. The van der Waals surface area contributed by atoms with E-state index in [2.05, 4.69) is 442 Å². The molecule has 0 spiro atoms. The van der Waals surface area contributed by atoms with Gasteiger partial charge in [0.1, 0.15) is 23.3 Å². The smallest absolute Gasteiger partial charge is 0.134 e. The molecule has 12 nitrogen and oxygen atoms in total. The molecular formula is C118H140Ir4N12-4. The molecule has 15 aromatic rings. The maximum absolute atomic E-state index is 4.78. The maximum Gasteiger partial charge on any atom is 0.134 e. The van der Waals surface area contributed by atoms with Gasteiger partial charge in [0.05, 0.1) is 23.3 Å². The van der Waals surface area contributed by atoms with Crippen molar-refractivity contribution < 1.29 is 80.4 Å². The van der Waals surface area contributed by atoms with Crippen LogP contribution in [-0.2, 0) is 131 Å². The van der Waals surface area contributed by atoms with Gasteiger partial charge in [0.25, 0.3) is 0 Å². The zero-order chi connectivity index (χ0) is 94.2. The molecule has 4 heterocycles. The van der Waals surface area contributed by atoms with Crippen LogP contribution in [0.4, 0.5) is 0 Å². The van der Waals surface area contributed by atoms with Crippen molar-refractivity contribution in [1.29, 1.82) is 0 Å². The summed E-state index contributed by atoms with van der Waals surface area (Å²) in [5.41, 5.74) is 28.2. The van der Waals surface area contributed by atoms with E-state index in [1.54, 1.807) is 0 Å². The van der Waals surface area contributed by atoms with Crippen LogP contribution in [0.3, 0.4) is 0 Å². The molecule has 0 aliphatic heterocycles. The molecule has 712 valence electrons. The van der Waals surface area contributed by atoms with E-state index in [1.165, 1.54) is 89.0 Å². The molecule has 0 atom stereocenters. The summed E-state index contributed by atoms with van der Waals surface area (Å²) in [4.78, 5) is 0. The molecule has 16 heteroatoms. The van der Waals surface area contributed by atoms with Crippen LogP contribution in [0.15, 0.2) is 231 Å². The monoisotopic (exact) mass is 2500 g/mol. The Morgan fingerprint density at radius 3 is 1.13 bits per heavy atom. The molecule has 0 aliphatic rings. The fourth-order valence-electron chi connectivity index (χ4n) is 16.6. The van der Waals surface area contributed by atoms with E-state index >= 15 is 0 Å². The van der Waals surface area contributed by atoms with Gasteiger partial charge in [-0.1, -0.05) is 301 Å². The van der Waals surface area contributed by atoms with Crippen molar-refractivity contribution >= 4 is 0 Å². The van der Waals surface area contributed by atoms with Crippen molar-refractivity contribution in [2.24, 2.45) is 0 Å². The molecule has 0 bridgehead atoms. The zero-order valence-corrected chi connectivity index (χ0v) is 94.2. The number of benzene rings is 11. The fraction of sp³-hybridized carbons (Fsp3) is 0.373. The summed E-state index contributed by atoms with van der Waals surface area (Å²) in [5.74, 6) is 7.77. The summed E-state index contributed by atoms with van der Waals surface area (Å²) in [6.07, 6.45) is 7.03. The van der Waals surface area contributed by atoms with E-state index in [0.29, 0.717) is 5.92 Å². The standard InChI is InChI=1S/2C34H42N3.C29H32N3.C21H24N3.4Ir/c1-11-34(9,10)31-36-35-30(26-14-12-13-23(2)21-26)37(31)29-20-17-25(22-28(29)33(6,7)8)24-15-18-27(19-16-24)32(3,4)5;1-10-20-34(8,9)32-36-35-31(28-13-11-12-26(22-28)23(2)3)37(32)30-19-16-27(21-24(30)4)25-14-17-29(18-15-25)33(5,6)7;1-6-21-13-12-16-24(19-21)27-30-31-28(29(4,5)8-3)32(27)26-18-17-22(7-2)20-25(26)23-14-10-9-11-15-23;1-6-21(4,5)20-23-22-19(17-10-8-7-9-11-17)24(20)18-13-12-15(2)14-16(18)3;;;;/h12-13,15-22H,11H2,1-10H3;11-12,14-19,21-23H,10,20H2,1-9H3;9-15,17-20H,6-8H2,1-5H3;7-10,12-14H,6H2,1-5H3;;;;/q4*-1;;;;. The quantitative estimate of drug-likeness (QED) is 0.0580. The Morgan fingerprint density at radius 2 is 0.687 bits per heavy atom. The number of aryl methyl sites for hydroxylation is 6. The molecule has 0 unspecified atom stereocenters. The largest absolute Gasteiger partial charge is 0.319 e. The Kier molecular flexibility index (Phi) is 37.8. The molecular weight excluding hydrogens is 2350 g/mol. The third-order valence-electron chi connectivity index (χ3n) is 26.0. The molecule has 0 saturated carbocycles. The number of rotatable bonds is 23. The third-order valence-corrected chi connectivity index (χ3v) is 26.0. The minimum atomic E-state index is -0.133. The molecule has 0 amide bonds. The first-order valence-electron chi connectivity index (χ1n) is 47.1. The fourth-order valence-corrected chi connectivity index (χ4v) is 16.6. The van der Waals surface area contributed by atoms with Gasteiger partial charge in [-0.2, -0.15) is 20.4 Å². The SMILES string of the molecule is CCC(C)(C)c1nnc(-c2[c-]ccc(C)c2)n1-c1ccc(-c2ccc(C(C)(C)C)cc2)cc1C(C)(C)C.CCC(C)(C)c1nnc(-c2[c-]cccc2)n1-c1ccc(C)cc1C.CCCC(C)(C)c1nnc(-c2[c-]ccc(C(C)C)c2)n1-c1ccc(-c2ccc(C(C)(C)C)cc2)cc1C.CCc1cc[c-]c(-c2nnc(C(C)(C)CC)n2-c2ccc(CC)cc2-c2ccccc2)c1.[Ir].[Ir].[Ir].[Ir]. The molecule has 4 radical (unpaired) electrons.